The molecule has 1 N–H and O–H groups in total. The zero-order chi connectivity index (χ0) is 18.7. The molecule has 0 saturated carbocycles. The van der Waals surface area contributed by atoms with Gasteiger partial charge in [0.05, 0.1) is 5.29 Å². The maximum Gasteiger partial charge on any atom is 0.255 e. The maximum atomic E-state index is 13.1. The van der Waals surface area contributed by atoms with Crippen molar-refractivity contribution in [1.82, 2.24) is 5.32 Å². The lowest BCUT2D eigenvalue weighted by atomic mass is 10.1. The number of rotatable bonds is 3. The Bertz CT molecular complexity index is 906. The molecule has 0 unspecified atom stereocenters. The van der Waals surface area contributed by atoms with Gasteiger partial charge in [0.2, 0.25) is 0 Å². The van der Waals surface area contributed by atoms with E-state index in [0.29, 0.717) is 18.3 Å². The topological polar surface area (TPSA) is 46.2 Å². The van der Waals surface area contributed by atoms with Gasteiger partial charge in [0.1, 0.15) is 0 Å². The number of ketones is 1. The molecule has 1 aliphatic rings. The van der Waals surface area contributed by atoms with Gasteiger partial charge in [-0.25, -0.2) is 0 Å². The van der Waals surface area contributed by atoms with Crippen molar-refractivity contribution in [2.24, 2.45) is 0 Å². The molecule has 0 atom stereocenters. The SMILES string of the molecule is O=C1CCNC(=O)C1=P(c1ccccc1)(c1ccccc1)c1ccccc1. The van der Waals surface area contributed by atoms with Crippen LogP contribution < -0.4 is 21.2 Å². The molecule has 0 spiro atoms. The second-order valence-corrected chi connectivity index (χ2v) is 9.79. The molecule has 27 heavy (non-hydrogen) atoms. The van der Waals surface area contributed by atoms with Crippen LogP contribution in [0.2, 0.25) is 0 Å². The van der Waals surface area contributed by atoms with E-state index in [9.17, 15) is 9.59 Å². The number of Topliss-reactive ketones (excluding diaryl/α,β-unsaturated/α-hetero) is 1. The van der Waals surface area contributed by atoms with Gasteiger partial charge in [0.15, 0.2) is 5.78 Å². The predicted octanol–water partition coefficient (Wildman–Crippen LogP) is 2.24. The molecule has 3 aromatic carbocycles. The predicted molar refractivity (Wildman–Crippen MR) is 113 cm³/mol. The summed E-state index contributed by atoms with van der Waals surface area (Å²) in [6.45, 7) is -2.18. The number of carbonyl (C=O) groups excluding carboxylic acids is 2. The van der Waals surface area contributed by atoms with Crippen LogP contribution >= 0.6 is 6.89 Å². The van der Waals surface area contributed by atoms with Crippen molar-refractivity contribution in [2.45, 2.75) is 6.42 Å². The van der Waals surface area contributed by atoms with Crippen molar-refractivity contribution in [3.8, 4) is 0 Å². The molecule has 0 aliphatic carbocycles. The molecule has 1 heterocycles. The number of piperidine rings is 1. The maximum absolute atomic E-state index is 13.1. The Kier molecular flexibility index (Phi) is 4.79. The molecule has 1 aliphatic heterocycles. The van der Waals surface area contributed by atoms with Crippen LogP contribution in [0.15, 0.2) is 91.0 Å². The highest BCUT2D eigenvalue weighted by atomic mass is 31.2. The van der Waals surface area contributed by atoms with Crippen molar-refractivity contribution in [1.29, 1.82) is 0 Å². The highest BCUT2D eigenvalue weighted by Crippen LogP contribution is 2.46. The van der Waals surface area contributed by atoms with E-state index in [2.05, 4.69) is 5.32 Å². The number of benzene rings is 3. The van der Waals surface area contributed by atoms with Crippen molar-refractivity contribution in [2.75, 3.05) is 6.54 Å². The van der Waals surface area contributed by atoms with E-state index >= 15 is 0 Å². The second kappa shape index (κ2) is 7.38. The average molecular weight is 373 g/mol. The molecule has 134 valence electrons. The number of hydrogen-bond acceptors (Lipinski definition) is 2. The molecule has 0 radical (unpaired) electrons. The number of nitrogens with one attached hydrogen (secondary N) is 1. The summed E-state index contributed by atoms with van der Waals surface area (Å²) in [5, 5.41) is 6.36. The minimum Gasteiger partial charge on any atom is -0.351 e. The summed E-state index contributed by atoms with van der Waals surface area (Å²) in [6.07, 6.45) is 0.343. The summed E-state index contributed by atoms with van der Waals surface area (Å²) in [6, 6.07) is 29.9. The summed E-state index contributed by atoms with van der Waals surface area (Å²) in [7, 11) is 0. The lowest BCUT2D eigenvalue weighted by Gasteiger charge is -2.33. The quantitative estimate of drug-likeness (QED) is 0.716. The van der Waals surface area contributed by atoms with Crippen molar-refractivity contribution < 1.29 is 9.59 Å². The number of amides is 1. The third kappa shape index (κ3) is 2.94. The summed E-state index contributed by atoms with van der Waals surface area (Å²) < 4.78 is 0. The molecule has 3 aromatic rings. The van der Waals surface area contributed by atoms with Gasteiger partial charge in [-0.2, -0.15) is 0 Å². The van der Waals surface area contributed by atoms with Gasteiger partial charge in [-0.15, -0.1) is 0 Å². The summed E-state index contributed by atoms with van der Waals surface area (Å²) in [5.41, 5.74) is 0. The monoisotopic (exact) mass is 373 g/mol. The van der Waals surface area contributed by atoms with Crippen molar-refractivity contribution in [3.63, 3.8) is 0 Å². The minimum absolute atomic E-state index is 0.0522. The largest absolute Gasteiger partial charge is 0.351 e. The van der Waals surface area contributed by atoms with Gasteiger partial charge in [-0.05, 0) is 22.8 Å². The van der Waals surface area contributed by atoms with Gasteiger partial charge < -0.3 is 5.32 Å². The smallest absolute Gasteiger partial charge is 0.255 e. The van der Waals surface area contributed by atoms with Crippen LogP contribution in [-0.2, 0) is 9.59 Å². The number of carbonyl (C=O) groups is 2. The third-order valence-corrected chi connectivity index (χ3v) is 9.22. The van der Waals surface area contributed by atoms with Crippen LogP contribution in [0, 0.1) is 0 Å². The van der Waals surface area contributed by atoms with E-state index in [0.717, 1.165) is 15.9 Å². The Balaban J connectivity index is 2.25. The van der Waals surface area contributed by atoms with E-state index < -0.39 is 6.89 Å². The van der Waals surface area contributed by atoms with Crippen LogP contribution in [-0.4, -0.2) is 23.5 Å². The zero-order valence-corrected chi connectivity index (χ0v) is 15.7. The van der Waals surface area contributed by atoms with E-state index in [1.807, 2.05) is 91.0 Å². The molecule has 0 aromatic heterocycles. The Morgan fingerprint density at radius 2 is 1.04 bits per heavy atom. The van der Waals surface area contributed by atoms with Crippen LogP contribution in [0.25, 0.3) is 0 Å². The van der Waals surface area contributed by atoms with E-state index in [-0.39, 0.29) is 11.7 Å². The van der Waals surface area contributed by atoms with Crippen LogP contribution in [0.4, 0.5) is 0 Å². The fourth-order valence-electron chi connectivity index (χ4n) is 3.75. The Hall–Kier alpha value is -2.90. The first-order valence-corrected chi connectivity index (χ1v) is 10.8. The van der Waals surface area contributed by atoms with Gasteiger partial charge >= 0.3 is 0 Å². The number of hydrogen-bond donors (Lipinski definition) is 1. The first-order chi connectivity index (χ1) is 13.2. The molecule has 0 bridgehead atoms. The van der Waals surface area contributed by atoms with Crippen molar-refractivity contribution >= 4 is 39.8 Å². The standard InChI is InChI=1S/C23H20NO2P/c25-21-16-17-24-23(26)22(21)27(18-10-4-1-5-11-18,19-12-6-2-7-13-19)20-14-8-3-9-15-20/h1-15H,16-17H2,(H,24,26). The molecule has 4 rings (SSSR count). The fourth-order valence-corrected chi connectivity index (χ4v) is 8.14. The van der Waals surface area contributed by atoms with Crippen LogP contribution in [0.3, 0.4) is 0 Å². The molecular weight excluding hydrogens is 353 g/mol. The summed E-state index contributed by atoms with van der Waals surface area (Å²) in [4.78, 5) is 26.1. The van der Waals surface area contributed by atoms with Gasteiger partial charge in [-0.1, -0.05) is 91.0 Å². The Morgan fingerprint density at radius 1 is 0.630 bits per heavy atom. The first-order valence-electron chi connectivity index (χ1n) is 8.99. The van der Waals surface area contributed by atoms with Crippen molar-refractivity contribution in [3.05, 3.63) is 91.0 Å². The summed E-state index contributed by atoms with van der Waals surface area (Å²) >= 11 is 0. The summed E-state index contributed by atoms with van der Waals surface area (Å²) in [5.74, 6) is -0.292. The molecule has 1 saturated heterocycles. The second-order valence-electron chi connectivity index (χ2n) is 6.46. The minimum atomic E-state index is -2.59. The lowest BCUT2D eigenvalue weighted by Crippen LogP contribution is -2.47. The van der Waals surface area contributed by atoms with Crippen LogP contribution in [0.5, 0.6) is 0 Å². The van der Waals surface area contributed by atoms with Gasteiger partial charge in [-0.3, -0.25) is 9.59 Å². The molecular formula is C23H20NO2P. The molecule has 1 amide bonds. The highest BCUT2D eigenvalue weighted by molar-refractivity contribution is 7.97. The Labute approximate surface area is 159 Å². The van der Waals surface area contributed by atoms with Gasteiger partial charge in [0.25, 0.3) is 5.91 Å². The molecule has 1 fully saturated rings. The van der Waals surface area contributed by atoms with E-state index in [4.69, 9.17) is 0 Å². The average Bonchev–Trinajstić information content (AvgIpc) is 2.73. The molecule has 4 heteroatoms. The zero-order valence-electron chi connectivity index (χ0n) is 14.8. The normalized spacial score (nSPS) is 14.7. The highest BCUT2D eigenvalue weighted by Gasteiger charge is 2.37. The van der Waals surface area contributed by atoms with Gasteiger partial charge in [0, 0.05) is 13.0 Å². The first kappa shape index (κ1) is 17.5. The Morgan fingerprint density at radius 3 is 1.41 bits per heavy atom. The van der Waals surface area contributed by atoms with Crippen LogP contribution in [0.1, 0.15) is 6.42 Å². The fraction of sp³-hybridized carbons (Fsp3) is 0.0870. The van der Waals surface area contributed by atoms with E-state index in [1.54, 1.807) is 0 Å². The lowest BCUT2D eigenvalue weighted by molar-refractivity contribution is -0.119. The molecule has 3 nitrogen and oxygen atoms in total. The third-order valence-electron chi connectivity index (χ3n) is 4.88. The van der Waals surface area contributed by atoms with E-state index in [1.165, 1.54) is 0 Å².